The van der Waals surface area contributed by atoms with E-state index < -0.39 is 0 Å². The van der Waals surface area contributed by atoms with Gasteiger partial charge in [0.1, 0.15) is 0 Å². The van der Waals surface area contributed by atoms with Crippen molar-refractivity contribution in [1.29, 1.82) is 0 Å². The maximum absolute atomic E-state index is 5.43. The molecule has 0 atom stereocenters. The lowest BCUT2D eigenvalue weighted by Crippen LogP contribution is -2.38. The first kappa shape index (κ1) is 18.9. The number of aliphatic imine (C=N–C) groups is 1. The second-order valence-corrected chi connectivity index (χ2v) is 6.80. The highest BCUT2D eigenvalue weighted by molar-refractivity contribution is 5.79. The molecule has 0 unspecified atom stereocenters. The number of fused-ring (bicyclic) bond motifs is 1. The molecule has 1 aliphatic rings. The number of anilines is 1. The lowest BCUT2D eigenvalue weighted by atomic mass is 10.1. The molecule has 3 rings (SSSR count). The smallest absolute Gasteiger partial charge is 0.231 e. The van der Waals surface area contributed by atoms with E-state index in [0.29, 0.717) is 6.79 Å². The fraction of sp³-hybridized carbons (Fsp3) is 0.381. The van der Waals surface area contributed by atoms with Crippen LogP contribution < -0.4 is 25.0 Å². The summed E-state index contributed by atoms with van der Waals surface area (Å²) in [7, 11) is 5.90. The van der Waals surface area contributed by atoms with Gasteiger partial charge in [0.15, 0.2) is 17.5 Å². The summed E-state index contributed by atoms with van der Waals surface area (Å²) in [5.41, 5.74) is 4.95. The molecule has 0 aromatic heterocycles. The van der Waals surface area contributed by atoms with Crippen molar-refractivity contribution in [1.82, 2.24) is 10.6 Å². The molecule has 0 fully saturated rings. The largest absolute Gasteiger partial charge is 0.454 e. The molecule has 1 aliphatic heterocycles. The van der Waals surface area contributed by atoms with Crippen LogP contribution in [0.3, 0.4) is 0 Å². The van der Waals surface area contributed by atoms with Crippen LogP contribution in [0, 0.1) is 6.92 Å². The van der Waals surface area contributed by atoms with Crippen molar-refractivity contribution >= 4 is 11.6 Å². The SMILES string of the molecule is CN=C(NCCc1ccc2c(c1)OCO2)NCc1ccc(N(C)C)cc1C. The molecule has 144 valence electrons. The van der Waals surface area contributed by atoms with E-state index >= 15 is 0 Å². The molecule has 6 heteroatoms. The van der Waals surface area contributed by atoms with Crippen molar-refractivity contribution in [3.05, 3.63) is 53.1 Å². The Bertz CT molecular complexity index is 818. The van der Waals surface area contributed by atoms with Crippen molar-refractivity contribution in [3.63, 3.8) is 0 Å². The van der Waals surface area contributed by atoms with Crippen molar-refractivity contribution in [3.8, 4) is 11.5 Å². The highest BCUT2D eigenvalue weighted by atomic mass is 16.7. The predicted octanol–water partition coefficient (Wildman–Crippen LogP) is 2.70. The van der Waals surface area contributed by atoms with Crippen LogP contribution in [0.2, 0.25) is 0 Å². The molecular formula is C21H28N4O2. The van der Waals surface area contributed by atoms with Gasteiger partial charge in [-0.15, -0.1) is 0 Å². The minimum atomic E-state index is 0.308. The summed E-state index contributed by atoms with van der Waals surface area (Å²) in [5, 5.41) is 6.75. The second-order valence-electron chi connectivity index (χ2n) is 6.80. The molecule has 6 nitrogen and oxygen atoms in total. The van der Waals surface area contributed by atoms with Gasteiger partial charge in [-0.05, 0) is 54.3 Å². The van der Waals surface area contributed by atoms with Crippen LogP contribution in [0.25, 0.3) is 0 Å². The quantitative estimate of drug-likeness (QED) is 0.606. The minimum absolute atomic E-state index is 0.308. The van der Waals surface area contributed by atoms with Gasteiger partial charge < -0.3 is 25.0 Å². The van der Waals surface area contributed by atoms with Gasteiger partial charge in [-0.25, -0.2) is 0 Å². The van der Waals surface area contributed by atoms with E-state index in [1.807, 2.05) is 12.1 Å². The fourth-order valence-electron chi connectivity index (χ4n) is 2.98. The number of hydrogen-bond acceptors (Lipinski definition) is 4. The zero-order valence-corrected chi connectivity index (χ0v) is 16.5. The molecule has 0 spiro atoms. The Morgan fingerprint density at radius 3 is 2.63 bits per heavy atom. The number of nitrogens with zero attached hydrogens (tertiary/aromatic N) is 2. The Morgan fingerprint density at radius 1 is 1.07 bits per heavy atom. The van der Waals surface area contributed by atoms with Gasteiger partial charge in [0.2, 0.25) is 6.79 Å². The van der Waals surface area contributed by atoms with Crippen LogP contribution in [0.4, 0.5) is 5.69 Å². The standard InChI is InChI=1S/C21H28N4O2/c1-15-11-18(25(3)4)7-6-17(15)13-24-21(22-2)23-10-9-16-5-8-19-20(12-16)27-14-26-19/h5-8,11-12H,9-10,13-14H2,1-4H3,(H2,22,23,24). The Kier molecular flexibility index (Phi) is 6.06. The summed E-state index contributed by atoms with van der Waals surface area (Å²) in [6.45, 7) is 3.98. The van der Waals surface area contributed by atoms with Crippen molar-refractivity contribution in [2.45, 2.75) is 19.9 Å². The zero-order valence-electron chi connectivity index (χ0n) is 16.5. The van der Waals surface area contributed by atoms with Crippen LogP contribution in [-0.2, 0) is 13.0 Å². The molecule has 0 radical (unpaired) electrons. The second kappa shape index (κ2) is 8.66. The Morgan fingerprint density at radius 2 is 1.89 bits per heavy atom. The number of nitrogens with one attached hydrogen (secondary N) is 2. The Balaban J connectivity index is 1.48. The van der Waals surface area contributed by atoms with Crippen molar-refractivity contribution in [2.75, 3.05) is 39.4 Å². The number of aryl methyl sites for hydroxylation is 1. The van der Waals surface area contributed by atoms with Crippen molar-refractivity contribution < 1.29 is 9.47 Å². The van der Waals surface area contributed by atoms with Gasteiger partial charge in [0, 0.05) is 39.9 Å². The highest BCUT2D eigenvalue weighted by Crippen LogP contribution is 2.32. The maximum Gasteiger partial charge on any atom is 0.231 e. The molecule has 0 saturated heterocycles. The number of guanidine groups is 1. The van der Waals surface area contributed by atoms with E-state index in [2.05, 4.69) is 65.8 Å². The Hall–Kier alpha value is -2.89. The van der Waals surface area contributed by atoms with Gasteiger partial charge in [-0.3, -0.25) is 4.99 Å². The monoisotopic (exact) mass is 368 g/mol. The molecule has 0 aliphatic carbocycles. The van der Waals surface area contributed by atoms with Gasteiger partial charge in [-0.2, -0.15) is 0 Å². The van der Waals surface area contributed by atoms with E-state index in [9.17, 15) is 0 Å². The number of rotatable bonds is 6. The Labute approximate surface area is 161 Å². The third-order valence-corrected chi connectivity index (χ3v) is 4.66. The minimum Gasteiger partial charge on any atom is -0.454 e. The zero-order chi connectivity index (χ0) is 19.2. The molecule has 0 amide bonds. The molecule has 27 heavy (non-hydrogen) atoms. The molecule has 0 bridgehead atoms. The first-order valence-electron chi connectivity index (χ1n) is 9.16. The molecule has 2 aromatic rings. The lowest BCUT2D eigenvalue weighted by Gasteiger charge is -2.16. The lowest BCUT2D eigenvalue weighted by molar-refractivity contribution is 0.174. The summed E-state index contributed by atoms with van der Waals surface area (Å²) in [4.78, 5) is 6.42. The van der Waals surface area contributed by atoms with Crippen LogP contribution in [0.1, 0.15) is 16.7 Å². The van der Waals surface area contributed by atoms with Crippen LogP contribution in [0.15, 0.2) is 41.4 Å². The van der Waals surface area contributed by atoms with E-state index in [1.165, 1.54) is 22.4 Å². The maximum atomic E-state index is 5.43. The van der Waals surface area contributed by atoms with Gasteiger partial charge in [-0.1, -0.05) is 12.1 Å². The summed E-state index contributed by atoms with van der Waals surface area (Å²) in [6, 6.07) is 12.6. The summed E-state index contributed by atoms with van der Waals surface area (Å²) < 4.78 is 10.8. The average molecular weight is 368 g/mol. The van der Waals surface area contributed by atoms with Crippen LogP contribution in [0.5, 0.6) is 11.5 Å². The predicted molar refractivity (Wildman–Crippen MR) is 110 cm³/mol. The molecule has 0 saturated carbocycles. The molecule has 2 aromatic carbocycles. The summed E-state index contributed by atoms with van der Waals surface area (Å²) in [6.07, 6.45) is 0.883. The van der Waals surface area contributed by atoms with Gasteiger partial charge in [0.05, 0.1) is 0 Å². The van der Waals surface area contributed by atoms with E-state index in [1.54, 1.807) is 7.05 Å². The third-order valence-electron chi connectivity index (χ3n) is 4.66. The summed E-state index contributed by atoms with van der Waals surface area (Å²) >= 11 is 0. The first-order valence-corrected chi connectivity index (χ1v) is 9.16. The topological polar surface area (TPSA) is 58.1 Å². The van der Waals surface area contributed by atoms with Gasteiger partial charge >= 0.3 is 0 Å². The number of hydrogen-bond donors (Lipinski definition) is 2. The molecule has 1 heterocycles. The normalized spacial score (nSPS) is 12.8. The third kappa shape index (κ3) is 4.84. The van der Waals surface area contributed by atoms with Gasteiger partial charge in [0.25, 0.3) is 0 Å². The van der Waals surface area contributed by atoms with Crippen molar-refractivity contribution in [2.24, 2.45) is 4.99 Å². The summed E-state index contributed by atoms with van der Waals surface area (Å²) in [5.74, 6) is 2.44. The highest BCUT2D eigenvalue weighted by Gasteiger charge is 2.13. The van der Waals surface area contributed by atoms with E-state index in [4.69, 9.17) is 9.47 Å². The van der Waals surface area contributed by atoms with E-state index in [0.717, 1.165) is 37.0 Å². The van der Waals surface area contributed by atoms with Crippen LogP contribution in [-0.4, -0.2) is 40.4 Å². The first-order chi connectivity index (χ1) is 13.1. The molecular weight excluding hydrogens is 340 g/mol. The average Bonchev–Trinajstić information content (AvgIpc) is 3.13. The number of ether oxygens (including phenoxy) is 2. The fourth-order valence-corrected chi connectivity index (χ4v) is 2.98. The number of benzene rings is 2. The van der Waals surface area contributed by atoms with E-state index in [-0.39, 0.29) is 0 Å². The van der Waals surface area contributed by atoms with Crippen LogP contribution >= 0.6 is 0 Å². The molecule has 2 N–H and O–H groups in total.